The van der Waals surface area contributed by atoms with Crippen LogP contribution in [0.3, 0.4) is 0 Å². The second-order valence-corrected chi connectivity index (χ2v) is 6.87. The predicted octanol–water partition coefficient (Wildman–Crippen LogP) is 1.79. The van der Waals surface area contributed by atoms with Crippen LogP contribution in [-0.2, 0) is 9.53 Å². The lowest BCUT2D eigenvalue weighted by Crippen LogP contribution is -2.36. The SMILES string of the molecule is CN(C)C(=O)[C@@H]1CC[C@H](CN[C@H](c2ncc[nH]2)c2cccs2)O1. The molecule has 124 valence electrons. The monoisotopic (exact) mass is 334 g/mol. The zero-order chi connectivity index (χ0) is 16.2. The number of aromatic nitrogens is 2. The molecule has 3 rings (SSSR count). The number of imidazole rings is 1. The molecule has 0 radical (unpaired) electrons. The number of nitrogens with zero attached hydrogens (tertiary/aromatic N) is 2. The summed E-state index contributed by atoms with van der Waals surface area (Å²) in [5.41, 5.74) is 0. The molecule has 1 fully saturated rings. The highest BCUT2D eigenvalue weighted by atomic mass is 32.1. The van der Waals surface area contributed by atoms with Crippen molar-refractivity contribution in [3.05, 3.63) is 40.6 Å². The van der Waals surface area contributed by atoms with E-state index in [2.05, 4.69) is 26.7 Å². The maximum atomic E-state index is 12.0. The normalized spacial score (nSPS) is 22.2. The van der Waals surface area contributed by atoms with Gasteiger partial charge in [-0.15, -0.1) is 11.3 Å². The minimum Gasteiger partial charge on any atom is -0.364 e. The maximum absolute atomic E-state index is 12.0. The molecule has 2 aromatic heterocycles. The van der Waals surface area contributed by atoms with Gasteiger partial charge in [0.25, 0.3) is 5.91 Å². The van der Waals surface area contributed by atoms with Gasteiger partial charge in [-0.3, -0.25) is 4.79 Å². The van der Waals surface area contributed by atoms with Crippen molar-refractivity contribution >= 4 is 17.2 Å². The highest BCUT2D eigenvalue weighted by Gasteiger charge is 2.32. The van der Waals surface area contributed by atoms with Gasteiger partial charge in [0.15, 0.2) is 0 Å². The third kappa shape index (κ3) is 3.80. The van der Waals surface area contributed by atoms with Crippen molar-refractivity contribution in [1.29, 1.82) is 0 Å². The lowest BCUT2D eigenvalue weighted by atomic mass is 10.1. The molecule has 1 saturated heterocycles. The molecule has 6 nitrogen and oxygen atoms in total. The average molecular weight is 334 g/mol. The quantitative estimate of drug-likeness (QED) is 0.845. The van der Waals surface area contributed by atoms with Gasteiger partial charge in [-0.1, -0.05) is 6.07 Å². The fourth-order valence-corrected chi connectivity index (χ4v) is 3.60. The highest BCUT2D eigenvalue weighted by Crippen LogP contribution is 2.25. The van der Waals surface area contributed by atoms with E-state index >= 15 is 0 Å². The topological polar surface area (TPSA) is 70.2 Å². The number of rotatable bonds is 6. The lowest BCUT2D eigenvalue weighted by molar-refractivity contribution is -0.140. The standard InChI is InChI=1S/C16H22N4O2S/c1-20(2)16(21)12-6-5-11(22-12)10-19-14(13-4-3-9-23-13)15-17-7-8-18-15/h3-4,7-9,11-12,14,19H,5-6,10H2,1-2H3,(H,17,18)/t11-,12+,14+/m1/s1. The van der Waals surface area contributed by atoms with Crippen LogP contribution in [0.25, 0.3) is 0 Å². The molecule has 1 aliphatic rings. The smallest absolute Gasteiger partial charge is 0.251 e. The summed E-state index contributed by atoms with van der Waals surface area (Å²) in [4.78, 5) is 22.3. The van der Waals surface area contributed by atoms with Crippen LogP contribution in [0.2, 0.25) is 0 Å². The first-order valence-electron chi connectivity index (χ1n) is 7.78. The molecule has 0 unspecified atom stereocenters. The van der Waals surface area contributed by atoms with Crippen LogP contribution in [0.15, 0.2) is 29.9 Å². The van der Waals surface area contributed by atoms with E-state index in [4.69, 9.17) is 4.74 Å². The molecule has 0 aliphatic carbocycles. The third-order valence-electron chi connectivity index (χ3n) is 3.99. The van der Waals surface area contributed by atoms with Crippen molar-refractivity contribution in [2.24, 2.45) is 0 Å². The lowest BCUT2D eigenvalue weighted by Gasteiger charge is -2.20. The van der Waals surface area contributed by atoms with E-state index in [0.29, 0.717) is 6.54 Å². The number of ether oxygens (including phenoxy) is 1. The Morgan fingerprint density at radius 1 is 1.57 bits per heavy atom. The van der Waals surface area contributed by atoms with E-state index in [1.54, 1.807) is 36.5 Å². The van der Waals surface area contributed by atoms with Gasteiger partial charge in [0.2, 0.25) is 0 Å². The Balaban J connectivity index is 1.59. The average Bonchev–Trinajstić information content (AvgIpc) is 3.29. The van der Waals surface area contributed by atoms with Crippen molar-refractivity contribution in [3.63, 3.8) is 0 Å². The highest BCUT2D eigenvalue weighted by molar-refractivity contribution is 7.10. The summed E-state index contributed by atoms with van der Waals surface area (Å²) < 4.78 is 5.89. The van der Waals surface area contributed by atoms with E-state index in [-0.39, 0.29) is 24.2 Å². The number of carbonyl (C=O) groups excluding carboxylic acids is 1. The fourth-order valence-electron chi connectivity index (χ4n) is 2.80. The van der Waals surface area contributed by atoms with Gasteiger partial charge >= 0.3 is 0 Å². The van der Waals surface area contributed by atoms with Crippen molar-refractivity contribution < 1.29 is 9.53 Å². The van der Waals surface area contributed by atoms with Crippen LogP contribution in [-0.4, -0.2) is 53.6 Å². The number of nitrogens with one attached hydrogen (secondary N) is 2. The molecule has 0 spiro atoms. The molecular formula is C16H22N4O2S. The molecular weight excluding hydrogens is 312 g/mol. The second kappa shape index (κ2) is 7.25. The number of thiophene rings is 1. The summed E-state index contributed by atoms with van der Waals surface area (Å²) in [6, 6.07) is 4.16. The number of H-pyrrole nitrogens is 1. The number of aromatic amines is 1. The first-order chi connectivity index (χ1) is 11.1. The van der Waals surface area contributed by atoms with Gasteiger partial charge in [-0.25, -0.2) is 4.98 Å². The van der Waals surface area contributed by atoms with E-state index in [9.17, 15) is 4.79 Å². The Morgan fingerprint density at radius 2 is 2.43 bits per heavy atom. The molecule has 0 bridgehead atoms. The van der Waals surface area contributed by atoms with E-state index in [1.165, 1.54) is 4.88 Å². The van der Waals surface area contributed by atoms with Crippen molar-refractivity contribution in [2.45, 2.75) is 31.1 Å². The summed E-state index contributed by atoms with van der Waals surface area (Å²) in [6.07, 6.45) is 5.02. The Labute approximate surface area is 139 Å². The largest absolute Gasteiger partial charge is 0.364 e. The Bertz CT molecular complexity index is 578. The maximum Gasteiger partial charge on any atom is 0.251 e. The molecule has 7 heteroatoms. The minimum atomic E-state index is -0.305. The van der Waals surface area contributed by atoms with Gasteiger partial charge < -0.3 is 19.9 Å². The Hall–Kier alpha value is -1.70. The second-order valence-electron chi connectivity index (χ2n) is 5.89. The molecule has 1 aliphatic heterocycles. The van der Waals surface area contributed by atoms with Crippen molar-refractivity contribution in [3.8, 4) is 0 Å². The fraction of sp³-hybridized carbons (Fsp3) is 0.500. The van der Waals surface area contributed by atoms with E-state index < -0.39 is 0 Å². The molecule has 0 aromatic carbocycles. The zero-order valence-corrected chi connectivity index (χ0v) is 14.2. The third-order valence-corrected chi connectivity index (χ3v) is 4.93. The van der Waals surface area contributed by atoms with Gasteiger partial charge in [0.05, 0.1) is 6.10 Å². The number of likely N-dealkylation sites (N-methyl/N-ethyl adjacent to an activating group) is 1. The van der Waals surface area contributed by atoms with E-state index in [1.807, 2.05) is 12.3 Å². The summed E-state index contributed by atoms with van der Waals surface area (Å²) in [5, 5.41) is 5.58. The van der Waals surface area contributed by atoms with Crippen molar-refractivity contribution in [1.82, 2.24) is 20.2 Å². The number of hydrogen-bond donors (Lipinski definition) is 2. The van der Waals surface area contributed by atoms with Crippen LogP contribution in [0, 0.1) is 0 Å². The molecule has 1 amide bonds. The zero-order valence-electron chi connectivity index (χ0n) is 13.4. The summed E-state index contributed by atoms with van der Waals surface area (Å²) in [6.45, 7) is 0.695. The summed E-state index contributed by atoms with van der Waals surface area (Å²) in [7, 11) is 3.53. The first kappa shape index (κ1) is 16.2. The van der Waals surface area contributed by atoms with Crippen molar-refractivity contribution in [2.75, 3.05) is 20.6 Å². The Morgan fingerprint density at radius 3 is 3.09 bits per heavy atom. The molecule has 3 heterocycles. The number of hydrogen-bond acceptors (Lipinski definition) is 5. The molecule has 23 heavy (non-hydrogen) atoms. The van der Waals surface area contributed by atoms with Crippen LogP contribution < -0.4 is 5.32 Å². The van der Waals surface area contributed by atoms with Crippen LogP contribution in [0.4, 0.5) is 0 Å². The number of amides is 1. The summed E-state index contributed by atoms with van der Waals surface area (Å²) >= 11 is 1.70. The number of carbonyl (C=O) groups is 1. The molecule has 2 aromatic rings. The van der Waals surface area contributed by atoms with Gasteiger partial charge in [0, 0.05) is 37.9 Å². The molecule has 3 atom stereocenters. The molecule has 0 saturated carbocycles. The minimum absolute atomic E-state index is 0.0252. The molecule has 2 N–H and O–H groups in total. The van der Waals surface area contributed by atoms with Gasteiger partial charge in [-0.2, -0.15) is 0 Å². The first-order valence-corrected chi connectivity index (χ1v) is 8.66. The van der Waals surface area contributed by atoms with Crippen LogP contribution >= 0.6 is 11.3 Å². The Kier molecular flexibility index (Phi) is 5.09. The van der Waals surface area contributed by atoms with Crippen LogP contribution in [0.1, 0.15) is 29.6 Å². The van der Waals surface area contributed by atoms with Crippen LogP contribution in [0.5, 0.6) is 0 Å². The van der Waals surface area contributed by atoms with Gasteiger partial charge in [-0.05, 0) is 24.3 Å². The predicted molar refractivity (Wildman–Crippen MR) is 89.3 cm³/mol. The summed E-state index contributed by atoms with van der Waals surface area (Å²) in [5.74, 6) is 0.944. The van der Waals surface area contributed by atoms with E-state index in [0.717, 1.165) is 18.7 Å². The van der Waals surface area contributed by atoms with Gasteiger partial charge in [0.1, 0.15) is 18.0 Å².